The lowest BCUT2D eigenvalue weighted by molar-refractivity contribution is -0.119. The van der Waals surface area contributed by atoms with Gasteiger partial charge in [0, 0.05) is 30.8 Å². The van der Waals surface area contributed by atoms with E-state index in [0.717, 1.165) is 11.3 Å². The van der Waals surface area contributed by atoms with Gasteiger partial charge in [0.1, 0.15) is 5.82 Å². The maximum absolute atomic E-state index is 13.6. The predicted molar refractivity (Wildman–Crippen MR) is 112 cm³/mol. The third-order valence-corrected chi connectivity index (χ3v) is 5.16. The highest BCUT2D eigenvalue weighted by Crippen LogP contribution is 2.23. The van der Waals surface area contributed by atoms with Gasteiger partial charge in [0.25, 0.3) is 5.91 Å². The van der Waals surface area contributed by atoms with Gasteiger partial charge in [-0.05, 0) is 53.9 Å². The Hall–Kier alpha value is -3.54. The standard InChI is InChI=1S/C24H22FN3O2/c25-20-8-4-6-18(14-20)17-5-3-7-19(13-17)24(30)28(15-21-9-1-2-12-26-21)16-22-10-11-23(29)27-22/h1-9,12-14,22H,10-11,15-16H2,(H,27,29)/t22-/m0/s1. The molecular weight excluding hydrogens is 381 g/mol. The summed E-state index contributed by atoms with van der Waals surface area (Å²) in [6.07, 6.45) is 2.87. The van der Waals surface area contributed by atoms with E-state index in [1.54, 1.807) is 35.4 Å². The maximum atomic E-state index is 13.6. The normalized spacial score (nSPS) is 15.6. The molecule has 1 N–H and O–H groups in total. The van der Waals surface area contributed by atoms with Crippen molar-refractivity contribution < 1.29 is 14.0 Å². The van der Waals surface area contributed by atoms with E-state index < -0.39 is 0 Å². The summed E-state index contributed by atoms with van der Waals surface area (Å²) in [6.45, 7) is 0.752. The minimum absolute atomic E-state index is 0.0123. The summed E-state index contributed by atoms with van der Waals surface area (Å²) < 4.78 is 13.6. The van der Waals surface area contributed by atoms with Gasteiger partial charge in [-0.3, -0.25) is 14.6 Å². The molecule has 0 aliphatic carbocycles. The lowest BCUT2D eigenvalue weighted by Gasteiger charge is -2.26. The second-order valence-electron chi connectivity index (χ2n) is 7.40. The number of aromatic nitrogens is 1. The van der Waals surface area contributed by atoms with Crippen molar-refractivity contribution in [1.82, 2.24) is 15.2 Å². The fourth-order valence-corrected chi connectivity index (χ4v) is 3.67. The van der Waals surface area contributed by atoms with Crippen molar-refractivity contribution in [2.45, 2.75) is 25.4 Å². The average molecular weight is 403 g/mol. The number of benzene rings is 2. The highest BCUT2D eigenvalue weighted by molar-refractivity contribution is 5.95. The van der Waals surface area contributed by atoms with Crippen LogP contribution in [0.1, 0.15) is 28.9 Å². The van der Waals surface area contributed by atoms with E-state index in [4.69, 9.17) is 0 Å². The maximum Gasteiger partial charge on any atom is 0.254 e. The minimum Gasteiger partial charge on any atom is -0.352 e. The molecule has 1 fully saturated rings. The molecular formula is C24H22FN3O2. The van der Waals surface area contributed by atoms with Gasteiger partial charge >= 0.3 is 0 Å². The number of hydrogen-bond donors (Lipinski definition) is 1. The molecule has 0 spiro atoms. The van der Waals surface area contributed by atoms with Crippen LogP contribution in [0.5, 0.6) is 0 Å². The molecule has 3 aromatic rings. The molecule has 152 valence electrons. The van der Waals surface area contributed by atoms with Gasteiger partial charge in [0.05, 0.1) is 12.2 Å². The van der Waals surface area contributed by atoms with Crippen molar-refractivity contribution in [3.8, 4) is 11.1 Å². The van der Waals surface area contributed by atoms with Crippen LogP contribution in [0.15, 0.2) is 72.9 Å². The first-order valence-corrected chi connectivity index (χ1v) is 9.93. The van der Waals surface area contributed by atoms with Crippen molar-refractivity contribution >= 4 is 11.8 Å². The van der Waals surface area contributed by atoms with Crippen LogP contribution in [-0.4, -0.2) is 34.3 Å². The second-order valence-corrected chi connectivity index (χ2v) is 7.40. The average Bonchev–Trinajstić information content (AvgIpc) is 3.18. The Balaban J connectivity index is 1.60. The Bertz CT molecular complexity index is 1060. The number of nitrogens with zero attached hydrogens (tertiary/aromatic N) is 2. The zero-order valence-electron chi connectivity index (χ0n) is 16.4. The number of pyridine rings is 1. The molecule has 30 heavy (non-hydrogen) atoms. The zero-order chi connectivity index (χ0) is 20.9. The number of hydrogen-bond acceptors (Lipinski definition) is 3. The van der Waals surface area contributed by atoms with E-state index in [-0.39, 0.29) is 23.7 Å². The van der Waals surface area contributed by atoms with Crippen LogP contribution in [-0.2, 0) is 11.3 Å². The first kappa shape index (κ1) is 19.8. The molecule has 2 heterocycles. The Kier molecular flexibility index (Phi) is 5.84. The molecule has 1 atom stereocenters. The molecule has 4 rings (SSSR count). The molecule has 6 heteroatoms. The predicted octanol–water partition coefficient (Wildman–Crippen LogP) is 3.81. The first-order valence-electron chi connectivity index (χ1n) is 9.93. The Morgan fingerprint density at radius 3 is 2.57 bits per heavy atom. The highest BCUT2D eigenvalue weighted by atomic mass is 19.1. The Morgan fingerprint density at radius 1 is 1.07 bits per heavy atom. The van der Waals surface area contributed by atoms with Gasteiger partial charge in [-0.25, -0.2) is 4.39 Å². The molecule has 5 nitrogen and oxygen atoms in total. The number of rotatable bonds is 6. The molecule has 1 saturated heterocycles. The Morgan fingerprint density at radius 2 is 1.87 bits per heavy atom. The quantitative estimate of drug-likeness (QED) is 0.681. The monoisotopic (exact) mass is 403 g/mol. The molecule has 0 radical (unpaired) electrons. The van der Waals surface area contributed by atoms with Gasteiger partial charge in [0.2, 0.25) is 5.91 Å². The van der Waals surface area contributed by atoms with Crippen LogP contribution in [0, 0.1) is 5.82 Å². The third-order valence-electron chi connectivity index (χ3n) is 5.16. The largest absolute Gasteiger partial charge is 0.352 e. The lowest BCUT2D eigenvalue weighted by Crippen LogP contribution is -2.41. The third kappa shape index (κ3) is 4.71. The van der Waals surface area contributed by atoms with Gasteiger partial charge in [0.15, 0.2) is 0 Å². The van der Waals surface area contributed by atoms with E-state index in [1.807, 2.05) is 30.3 Å². The summed E-state index contributed by atoms with van der Waals surface area (Å²) in [5, 5.41) is 2.93. The number of carbonyl (C=O) groups is 2. The van der Waals surface area contributed by atoms with Gasteiger partial charge in [-0.1, -0.05) is 30.3 Å². The molecule has 0 bridgehead atoms. The van der Waals surface area contributed by atoms with Crippen molar-refractivity contribution in [1.29, 1.82) is 0 Å². The molecule has 2 aromatic carbocycles. The second kappa shape index (κ2) is 8.86. The topological polar surface area (TPSA) is 62.3 Å². The fourth-order valence-electron chi connectivity index (χ4n) is 3.67. The lowest BCUT2D eigenvalue weighted by atomic mass is 10.0. The van der Waals surface area contributed by atoms with Crippen LogP contribution in [0.25, 0.3) is 11.1 Å². The smallest absolute Gasteiger partial charge is 0.254 e. The number of amides is 2. The number of nitrogens with one attached hydrogen (secondary N) is 1. The van der Waals surface area contributed by atoms with Crippen molar-refractivity contribution in [3.63, 3.8) is 0 Å². The van der Waals surface area contributed by atoms with E-state index >= 15 is 0 Å². The van der Waals surface area contributed by atoms with Gasteiger partial charge < -0.3 is 10.2 Å². The van der Waals surface area contributed by atoms with Gasteiger partial charge in [-0.2, -0.15) is 0 Å². The van der Waals surface area contributed by atoms with Crippen LogP contribution in [0.3, 0.4) is 0 Å². The van der Waals surface area contributed by atoms with E-state index in [9.17, 15) is 14.0 Å². The summed E-state index contributed by atoms with van der Waals surface area (Å²) in [6, 6.07) is 19.0. The van der Waals surface area contributed by atoms with Gasteiger partial charge in [-0.15, -0.1) is 0 Å². The number of carbonyl (C=O) groups excluding carboxylic acids is 2. The summed E-state index contributed by atoms with van der Waals surface area (Å²) in [4.78, 5) is 31.0. The molecule has 1 aromatic heterocycles. The van der Waals surface area contributed by atoms with Crippen molar-refractivity contribution in [2.24, 2.45) is 0 Å². The molecule has 0 unspecified atom stereocenters. The van der Waals surface area contributed by atoms with Crippen LogP contribution in [0.2, 0.25) is 0 Å². The van der Waals surface area contributed by atoms with Crippen LogP contribution < -0.4 is 5.32 Å². The summed E-state index contributed by atoms with van der Waals surface area (Å²) >= 11 is 0. The minimum atomic E-state index is -0.321. The summed E-state index contributed by atoms with van der Waals surface area (Å²) in [5.74, 6) is -0.462. The van der Waals surface area contributed by atoms with Crippen molar-refractivity contribution in [2.75, 3.05) is 6.54 Å². The molecule has 2 amide bonds. The SMILES string of the molecule is O=C1CC[C@@H](CN(Cc2ccccn2)C(=O)c2cccc(-c3cccc(F)c3)c2)N1. The van der Waals surface area contributed by atoms with Crippen LogP contribution in [0.4, 0.5) is 4.39 Å². The van der Waals surface area contributed by atoms with E-state index in [2.05, 4.69) is 10.3 Å². The van der Waals surface area contributed by atoms with E-state index in [0.29, 0.717) is 37.1 Å². The highest BCUT2D eigenvalue weighted by Gasteiger charge is 2.26. The van der Waals surface area contributed by atoms with E-state index in [1.165, 1.54) is 12.1 Å². The first-order chi connectivity index (χ1) is 14.6. The zero-order valence-corrected chi connectivity index (χ0v) is 16.4. The Labute approximate surface area is 174 Å². The molecule has 1 aliphatic heterocycles. The summed E-state index contributed by atoms with van der Waals surface area (Å²) in [5.41, 5.74) is 2.77. The van der Waals surface area contributed by atoms with Crippen LogP contribution >= 0.6 is 0 Å². The fraction of sp³-hybridized carbons (Fsp3) is 0.208. The molecule has 1 aliphatic rings. The molecule has 0 saturated carbocycles. The van der Waals surface area contributed by atoms with Crippen molar-refractivity contribution in [3.05, 3.63) is 90.0 Å². The summed E-state index contributed by atoms with van der Waals surface area (Å²) in [7, 11) is 0. The number of halogens is 1.